The first-order chi connectivity index (χ1) is 13.6. The summed E-state index contributed by atoms with van der Waals surface area (Å²) in [5, 5.41) is 20.1. The van der Waals surface area contributed by atoms with Crippen molar-refractivity contribution in [2.24, 2.45) is 11.3 Å². The van der Waals surface area contributed by atoms with E-state index in [4.69, 9.17) is 0 Å². The Hall–Kier alpha value is -2.75. The molecule has 1 N–H and O–H groups in total. The molecule has 0 spiro atoms. The Balaban J connectivity index is 1.22. The number of rotatable bonds is 6. The predicted octanol–water partition coefficient (Wildman–Crippen LogP) is 2.94. The lowest BCUT2D eigenvalue weighted by atomic mass is 9.79. The van der Waals surface area contributed by atoms with Crippen LogP contribution in [0.4, 0.5) is 8.78 Å². The minimum atomic E-state index is -2.37. The second-order valence-electron chi connectivity index (χ2n) is 7.20. The van der Waals surface area contributed by atoms with Gasteiger partial charge in [-0.2, -0.15) is 0 Å². The highest BCUT2D eigenvalue weighted by atomic mass is 32.1. The molecule has 0 bridgehead atoms. The van der Waals surface area contributed by atoms with Crippen molar-refractivity contribution in [1.82, 2.24) is 30.5 Å². The number of alkyl halides is 2. The quantitative estimate of drug-likeness (QED) is 0.685. The lowest BCUT2D eigenvalue weighted by molar-refractivity contribution is -0.0286. The second kappa shape index (κ2) is 6.40. The number of hydrogen-bond donors (Lipinski definition) is 1. The van der Waals surface area contributed by atoms with Gasteiger partial charge in [0, 0.05) is 5.56 Å². The van der Waals surface area contributed by atoms with Gasteiger partial charge in [-0.3, -0.25) is 4.79 Å². The van der Waals surface area contributed by atoms with Crippen molar-refractivity contribution in [1.29, 1.82) is 0 Å². The number of fused-ring (bicyclic) bond motifs is 1. The van der Waals surface area contributed by atoms with Crippen LogP contribution in [0.3, 0.4) is 0 Å². The van der Waals surface area contributed by atoms with Gasteiger partial charge in [0.1, 0.15) is 10.0 Å². The van der Waals surface area contributed by atoms with E-state index in [2.05, 4.69) is 25.8 Å². The topological polar surface area (TPSA) is 85.6 Å². The monoisotopic (exact) mass is 402 g/mol. The molecule has 2 aliphatic rings. The fourth-order valence-corrected chi connectivity index (χ4v) is 4.76. The number of halogens is 2. The largest absolute Gasteiger partial charge is 0.344 e. The third-order valence-corrected chi connectivity index (χ3v) is 6.66. The van der Waals surface area contributed by atoms with Crippen molar-refractivity contribution in [2.75, 3.05) is 0 Å². The van der Waals surface area contributed by atoms with Gasteiger partial charge < -0.3 is 5.32 Å². The average Bonchev–Trinajstić information content (AvgIpc) is 3.09. The summed E-state index contributed by atoms with van der Waals surface area (Å²) in [4.78, 5) is 12.3. The van der Waals surface area contributed by atoms with Gasteiger partial charge in [0.05, 0.1) is 24.2 Å². The highest BCUT2D eigenvalue weighted by molar-refractivity contribution is 7.14. The number of carbonyl (C=O) groups is 1. The molecule has 2 saturated carbocycles. The fourth-order valence-electron chi connectivity index (χ4n) is 3.98. The van der Waals surface area contributed by atoms with Gasteiger partial charge in [0.25, 0.3) is 5.91 Å². The van der Waals surface area contributed by atoms with E-state index in [1.807, 2.05) is 30.3 Å². The normalized spacial score (nSPS) is 25.2. The number of nitrogens with one attached hydrogen (secondary N) is 1. The smallest absolute Gasteiger partial charge is 0.273 e. The highest BCUT2D eigenvalue weighted by Crippen LogP contribution is 2.75. The first-order valence-corrected chi connectivity index (χ1v) is 9.75. The van der Waals surface area contributed by atoms with Crippen LogP contribution in [0.1, 0.15) is 34.4 Å². The molecule has 144 valence electrons. The second-order valence-corrected chi connectivity index (χ2v) is 8.26. The number of carbonyl (C=O) groups excluding carboxylic acids is 1. The summed E-state index contributed by atoms with van der Waals surface area (Å²) < 4.78 is 28.0. The van der Waals surface area contributed by atoms with Crippen molar-refractivity contribution in [3.05, 3.63) is 47.2 Å². The molecule has 2 fully saturated rings. The Morgan fingerprint density at radius 1 is 1.29 bits per heavy atom. The third-order valence-electron chi connectivity index (χ3n) is 5.68. The third kappa shape index (κ3) is 2.70. The summed E-state index contributed by atoms with van der Waals surface area (Å²) in [6.45, 7) is 0.211. The van der Waals surface area contributed by atoms with Gasteiger partial charge >= 0.3 is 0 Å². The molecule has 2 aliphatic carbocycles. The Kier molecular flexibility index (Phi) is 3.97. The number of hydrogen-bond acceptors (Lipinski definition) is 6. The summed E-state index contributed by atoms with van der Waals surface area (Å²) in [5.74, 6) is -0.337. The standard InChI is InChI=1S/C18H16F2N6OS/c19-17(20)18-7-11(18)6-13(18)26-9-12(22-25-26)15(27)21-8-14-23-24-16(28-14)10-4-2-1-3-5-10/h1-5,9,11,13,17H,6-8H2,(H,21,27). The number of amides is 1. The molecule has 1 aromatic carbocycles. The summed E-state index contributed by atoms with van der Waals surface area (Å²) in [6.07, 6.45) is 0.280. The highest BCUT2D eigenvalue weighted by Gasteiger charge is 2.74. The van der Waals surface area contributed by atoms with E-state index in [-0.39, 0.29) is 24.2 Å². The molecule has 3 aromatic rings. The molecule has 2 aromatic heterocycles. The van der Waals surface area contributed by atoms with Crippen LogP contribution in [0.25, 0.3) is 10.6 Å². The van der Waals surface area contributed by atoms with E-state index in [1.54, 1.807) is 0 Å². The SMILES string of the molecule is O=C(NCc1nnc(-c2ccccc2)s1)c1cn(C2CC3CC32C(F)F)nn1. The predicted molar refractivity (Wildman–Crippen MR) is 96.7 cm³/mol. The minimum absolute atomic E-state index is 0.0789. The van der Waals surface area contributed by atoms with Crippen molar-refractivity contribution in [3.8, 4) is 10.6 Å². The molecule has 0 saturated heterocycles. The lowest BCUT2D eigenvalue weighted by Gasteiger charge is -2.35. The molecule has 5 rings (SSSR count). The Morgan fingerprint density at radius 2 is 2.11 bits per heavy atom. The van der Waals surface area contributed by atoms with Crippen LogP contribution in [0, 0.1) is 11.3 Å². The van der Waals surface area contributed by atoms with E-state index in [9.17, 15) is 13.6 Å². The summed E-state index contributed by atoms with van der Waals surface area (Å²) >= 11 is 1.39. The first-order valence-electron chi connectivity index (χ1n) is 8.94. The van der Waals surface area contributed by atoms with E-state index in [0.717, 1.165) is 10.6 Å². The van der Waals surface area contributed by atoms with Gasteiger partial charge in [-0.05, 0) is 18.8 Å². The Bertz CT molecular complexity index is 1020. The van der Waals surface area contributed by atoms with Crippen LogP contribution in [-0.2, 0) is 6.54 Å². The molecular weight excluding hydrogens is 386 g/mol. The maximum absolute atomic E-state index is 13.3. The molecule has 7 nitrogen and oxygen atoms in total. The molecule has 3 atom stereocenters. The average molecular weight is 402 g/mol. The maximum Gasteiger partial charge on any atom is 0.273 e. The molecule has 1 amide bonds. The number of benzene rings is 1. The van der Waals surface area contributed by atoms with Gasteiger partial charge in [-0.1, -0.05) is 46.9 Å². The van der Waals surface area contributed by atoms with Crippen LogP contribution in [0.15, 0.2) is 36.5 Å². The molecule has 2 heterocycles. The van der Waals surface area contributed by atoms with Crippen molar-refractivity contribution in [2.45, 2.75) is 31.9 Å². The van der Waals surface area contributed by atoms with Crippen LogP contribution in [0.2, 0.25) is 0 Å². The lowest BCUT2D eigenvalue weighted by Crippen LogP contribution is -2.37. The molecule has 0 aliphatic heterocycles. The zero-order valence-corrected chi connectivity index (χ0v) is 15.4. The Morgan fingerprint density at radius 3 is 2.82 bits per heavy atom. The molecule has 28 heavy (non-hydrogen) atoms. The van der Waals surface area contributed by atoms with Crippen LogP contribution in [-0.4, -0.2) is 37.5 Å². The van der Waals surface area contributed by atoms with Gasteiger partial charge in [-0.25, -0.2) is 13.5 Å². The van der Waals surface area contributed by atoms with E-state index < -0.39 is 17.7 Å². The van der Waals surface area contributed by atoms with Gasteiger partial charge in [-0.15, -0.1) is 15.3 Å². The van der Waals surface area contributed by atoms with Crippen molar-refractivity contribution in [3.63, 3.8) is 0 Å². The summed E-state index contributed by atoms with van der Waals surface area (Å²) in [6, 6.07) is 9.28. The van der Waals surface area contributed by atoms with E-state index >= 15 is 0 Å². The first kappa shape index (κ1) is 17.4. The van der Waals surface area contributed by atoms with Crippen molar-refractivity contribution >= 4 is 17.2 Å². The zero-order chi connectivity index (χ0) is 19.3. The maximum atomic E-state index is 13.3. The summed E-state index contributed by atoms with van der Waals surface area (Å²) in [7, 11) is 0. The van der Waals surface area contributed by atoms with E-state index in [0.29, 0.717) is 17.8 Å². The molecular formula is C18H16F2N6OS. The van der Waals surface area contributed by atoms with Crippen LogP contribution >= 0.6 is 11.3 Å². The van der Waals surface area contributed by atoms with Crippen LogP contribution < -0.4 is 5.32 Å². The number of aromatic nitrogens is 5. The van der Waals surface area contributed by atoms with Crippen molar-refractivity contribution < 1.29 is 13.6 Å². The Labute approximate surface area is 162 Å². The molecule has 10 heteroatoms. The van der Waals surface area contributed by atoms with Gasteiger partial charge in [0.2, 0.25) is 6.43 Å². The molecule has 0 radical (unpaired) electrons. The minimum Gasteiger partial charge on any atom is -0.344 e. The number of nitrogens with zero attached hydrogens (tertiary/aromatic N) is 5. The zero-order valence-electron chi connectivity index (χ0n) is 14.6. The fraction of sp³-hybridized carbons (Fsp3) is 0.389. The van der Waals surface area contributed by atoms with Gasteiger partial charge in [0.15, 0.2) is 5.69 Å². The van der Waals surface area contributed by atoms with Crippen LogP contribution in [0.5, 0.6) is 0 Å². The van der Waals surface area contributed by atoms with E-state index in [1.165, 1.54) is 22.2 Å². The molecule has 3 unspecified atom stereocenters. The summed E-state index contributed by atoms with van der Waals surface area (Å²) in [5.41, 5.74) is 0.121.